The summed E-state index contributed by atoms with van der Waals surface area (Å²) in [5.41, 5.74) is 7.02. The standard InChI is InChI=1S/C15H22N2O3.ClH/c1-19-13-4-2-3-11(9-13)10-17-15(18)14(16)12-5-7-20-8-6-12;/h2-4,9,12,14H,5-8,10,16H2,1H3,(H,17,18);1H. The van der Waals surface area contributed by atoms with Gasteiger partial charge < -0.3 is 20.5 Å². The van der Waals surface area contributed by atoms with Crippen molar-refractivity contribution in [2.75, 3.05) is 20.3 Å². The molecule has 1 aliphatic heterocycles. The number of nitrogens with one attached hydrogen (secondary N) is 1. The molecule has 21 heavy (non-hydrogen) atoms. The van der Waals surface area contributed by atoms with Crippen LogP contribution in [0, 0.1) is 5.92 Å². The highest BCUT2D eigenvalue weighted by atomic mass is 35.5. The lowest BCUT2D eigenvalue weighted by molar-refractivity contribution is -0.124. The number of methoxy groups -OCH3 is 1. The van der Waals surface area contributed by atoms with Crippen LogP contribution in [0.3, 0.4) is 0 Å². The highest BCUT2D eigenvalue weighted by Crippen LogP contribution is 2.18. The van der Waals surface area contributed by atoms with E-state index in [0.717, 1.165) is 24.2 Å². The van der Waals surface area contributed by atoms with E-state index in [0.29, 0.717) is 19.8 Å². The summed E-state index contributed by atoms with van der Waals surface area (Å²) in [6.45, 7) is 1.86. The lowest BCUT2D eigenvalue weighted by atomic mass is 9.92. The summed E-state index contributed by atoms with van der Waals surface area (Å²) in [6, 6.07) is 7.17. The fourth-order valence-corrected chi connectivity index (χ4v) is 2.38. The quantitative estimate of drug-likeness (QED) is 0.863. The highest BCUT2D eigenvalue weighted by molar-refractivity contribution is 5.85. The van der Waals surface area contributed by atoms with Crippen LogP contribution < -0.4 is 15.8 Å². The van der Waals surface area contributed by atoms with Crippen molar-refractivity contribution in [3.8, 4) is 5.75 Å². The fourth-order valence-electron chi connectivity index (χ4n) is 2.38. The molecule has 1 aliphatic rings. The van der Waals surface area contributed by atoms with Gasteiger partial charge in [0, 0.05) is 19.8 Å². The second kappa shape index (κ2) is 8.87. The average molecular weight is 315 g/mol. The minimum atomic E-state index is -0.454. The molecule has 3 N–H and O–H groups in total. The van der Waals surface area contributed by atoms with Gasteiger partial charge in [0.2, 0.25) is 5.91 Å². The van der Waals surface area contributed by atoms with E-state index in [1.807, 2.05) is 24.3 Å². The number of carbonyl (C=O) groups is 1. The van der Waals surface area contributed by atoms with Gasteiger partial charge in [-0.05, 0) is 36.5 Å². The van der Waals surface area contributed by atoms with Crippen molar-refractivity contribution in [1.29, 1.82) is 0 Å². The number of rotatable bonds is 5. The molecule has 1 heterocycles. The molecule has 0 spiro atoms. The maximum Gasteiger partial charge on any atom is 0.237 e. The van der Waals surface area contributed by atoms with Crippen molar-refractivity contribution < 1.29 is 14.3 Å². The first kappa shape index (κ1) is 17.8. The maximum absolute atomic E-state index is 12.1. The molecule has 1 amide bonds. The lowest BCUT2D eigenvalue weighted by Gasteiger charge is -2.26. The summed E-state index contributed by atoms with van der Waals surface area (Å²) in [5.74, 6) is 0.902. The smallest absolute Gasteiger partial charge is 0.237 e. The number of carbonyl (C=O) groups excluding carboxylic acids is 1. The molecule has 118 valence electrons. The summed E-state index contributed by atoms with van der Waals surface area (Å²) in [6.07, 6.45) is 1.71. The Balaban J connectivity index is 0.00000220. The number of hydrogen-bond donors (Lipinski definition) is 2. The zero-order valence-electron chi connectivity index (χ0n) is 12.2. The van der Waals surface area contributed by atoms with Gasteiger partial charge in [-0.1, -0.05) is 12.1 Å². The lowest BCUT2D eigenvalue weighted by Crippen LogP contribution is -2.46. The van der Waals surface area contributed by atoms with Crippen LogP contribution in [-0.2, 0) is 16.1 Å². The molecule has 1 aromatic rings. The van der Waals surface area contributed by atoms with Crippen molar-refractivity contribution in [1.82, 2.24) is 5.32 Å². The van der Waals surface area contributed by atoms with Gasteiger partial charge in [0.05, 0.1) is 13.2 Å². The summed E-state index contributed by atoms with van der Waals surface area (Å²) in [5, 5.41) is 2.89. The summed E-state index contributed by atoms with van der Waals surface area (Å²) in [7, 11) is 1.62. The van der Waals surface area contributed by atoms with E-state index in [9.17, 15) is 4.79 Å². The number of nitrogens with two attached hydrogens (primary N) is 1. The molecule has 0 aromatic heterocycles. The van der Waals surface area contributed by atoms with Gasteiger partial charge in [-0.2, -0.15) is 0 Å². The molecule has 2 rings (SSSR count). The largest absolute Gasteiger partial charge is 0.497 e. The Morgan fingerprint density at radius 3 is 2.86 bits per heavy atom. The van der Waals surface area contributed by atoms with E-state index in [1.54, 1.807) is 7.11 Å². The van der Waals surface area contributed by atoms with Crippen LogP contribution in [0.1, 0.15) is 18.4 Å². The van der Waals surface area contributed by atoms with Crippen LogP contribution in [0.2, 0.25) is 0 Å². The Kier molecular flexibility index (Phi) is 7.50. The molecule has 0 aliphatic carbocycles. The van der Waals surface area contributed by atoms with Gasteiger partial charge in [-0.15, -0.1) is 12.4 Å². The van der Waals surface area contributed by atoms with Crippen molar-refractivity contribution in [3.63, 3.8) is 0 Å². The monoisotopic (exact) mass is 314 g/mol. The second-order valence-electron chi connectivity index (χ2n) is 5.04. The Hall–Kier alpha value is -1.30. The normalized spacial score (nSPS) is 16.7. The zero-order valence-corrected chi connectivity index (χ0v) is 13.0. The average Bonchev–Trinajstić information content (AvgIpc) is 2.53. The van der Waals surface area contributed by atoms with E-state index in [1.165, 1.54) is 0 Å². The van der Waals surface area contributed by atoms with E-state index in [2.05, 4.69) is 5.32 Å². The second-order valence-corrected chi connectivity index (χ2v) is 5.04. The SMILES string of the molecule is COc1cccc(CNC(=O)C(N)C2CCOCC2)c1.Cl. The first-order valence-electron chi connectivity index (χ1n) is 6.94. The minimum Gasteiger partial charge on any atom is -0.497 e. The zero-order chi connectivity index (χ0) is 14.4. The third-order valence-electron chi connectivity index (χ3n) is 3.68. The molecule has 0 saturated carbocycles. The number of amides is 1. The van der Waals surface area contributed by atoms with Crippen molar-refractivity contribution >= 4 is 18.3 Å². The van der Waals surface area contributed by atoms with Gasteiger partial charge in [0.1, 0.15) is 5.75 Å². The Labute approximate surface area is 131 Å². The molecule has 1 unspecified atom stereocenters. The molecule has 1 atom stereocenters. The van der Waals surface area contributed by atoms with Gasteiger partial charge >= 0.3 is 0 Å². The van der Waals surface area contributed by atoms with Gasteiger partial charge in [-0.25, -0.2) is 0 Å². The molecule has 6 heteroatoms. The van der Waals surface area contributed by atoms with Crippen LogP contribution in [0.15, 0.2) is 24.3 Å². The maximum atomic E-state index is 12.1. The number of halogens is 1. The van der Waals surface area contributed by atoms with Crippen LogP contribution in [0.4, 0.5) is 0 Å². The third kappa shape index (κ3) is 5.19. The topological polar surface area (TPSA) is 73.6 Å². The van der Waals surface area contributed by atoms with Gasteiger partial charge in [-0.3, -0.25) is 4.79 Å². The number of ether oxygens (including phenoxy) is 2. The molecule has 1 fully saturated rings. The van der Waals surface area contributed by atoms with Gasteiger partial charge in [0.25, 0.3) is 0 Å². The van der Waals surface area contributed by atoms with Crippen LogP contribution in [-0.4, -0.2) is 32.3 Å². The molecule has 1 aromatic carbocycles. The molecular weight excluding hydrogens is 292 g/mol. The molecule has 0 radical (unpaired) electrons. The third-order valence-corrected chi connectivity index (χ3v) is 3.68. The summed E-state index contributed by atoms with van der Waals surface area (Å²) in [4.78, 5) is 12.1. The number of hydrogen-bond acceptors (Lipinski definition) is 4. The Bertz CT molecular complexity index is 450. The first-order valence-corrected chi connectivity index (χ1v) is 6.94. The van der Waals surface area contributed by atoms with Crippen LogP contribution >= 0.6 is 12.4 Å². The molecule has 5 nitrogen and oxygen atoms in total. The van der Waals surface area contributed by atoms with Gasteiger partial charge in [0.15, 0.2) is 0 Å². The van der Waals surface area contributed by atoms with Crippen molar-refractivity contribution in [3.05, 3.63) is 29.8 Å². The molecular formula is C15H23ClN2O3. The summed E-state index contributed by atoms with van der Waals surface area (Å²) >= 11 is 0. The highest BCUT2D eigenvalue weighted by Gasteiger charge is 2.26. The summed E-state index contributed by atoms with van der Waals surface area (Å²) < 4.78 is 10.4. The fraction of sp³-hybridized carbons (Fsp3) is 0.533. The first-order chi connectivity index (χ1) is 9.70. The van der Waals surface area contributed by atoms with E-state index < -0.39 is 6.04 Å². The van der Waals surface area contributed by atoms with E-state index >= 15 is 0 Å². The van der Waals surface area contributed by atoms with Crippen molar-refractivity contribution in [2.45, 2.75) is 25.4 Å². The van der Waals surface area contributed by atoms with Crippen molar-refractivity contribution in [2.24, 2.45) is 11.7 Å². The van der Waals surface area contributed by atoms with E-state index in [4.69, 9.17) is 15.2 Å². The predicted octanol–water partition coefficient (Wildman–Crippen LogP) is 1.49. The minimum absolute atomic E-state index is 0. The molecule has 0 bridgehead atoms. The van der Waals surface area contributed by atoms with Crippen LogP contribution in [0.5, 0.6) is 5.75 Å². The number of benzene rings is 1. The Morgan fingerprint density at radius 2 is 2.19 bits per heavy atom. The molecule has 1 saturated heterocycles. The van der Waals surface area contributed by atoms with Crippen LogP contribution in [0.25, 0.3) is 0 Å². The predicted molar refractivity (Wildman–Crippen MR) is 83.6 cm³/mol. The Morgan fingerprint density at radius 1 is 1.48 bits per heavy atom. The van der Waals surface area contributed by atoms with E-state index in [-0.39, 0.29) is 24.2 Å².